The molecule has 1 saturated heterocycles. The number of rotatable bonds is 4. The van der Waals surface area contributed by atoms with Crippen LogP contribution in [-0.2, 0) is 11.3 Å². The number of fused-ring (bicyclic) bond motifs is 2. The summed E-state index contributed by atoms with van der Waals surface area (Å²) in [4.78, 5) is 14.8. The second-order valence-electron chi connectivity index (χ2n) is 7.10. The number of ether oxygens (including phenoxy) is 2. The van der Waals surface area contributed by atoms with Crippen molar-refractivity contribution in [3.8, 4) is 11.5 Å². The van der Waals surface area contributed by atoms with Gasteiger partial charge >= 0.3 is 0 Å². The van der Waals surface area contributed by atoms with Crippen LogP contribution in [0.25, 0.3) is 5.65 Å². The van der Waals surface area contributed by atoms with Gasteiger partial charge in [-0.15, -0.1) is 10.2 Å². The van der Waals surface area contributed by atoms with E-state index in [2.05, 4.69) is 20.4 Å². The van der Waals surface area contributed by atoms with Gasteiger partial charge in [-0.2, -0.15) is 0 Å². The van der Waals surface area contributed by atoms with Crippen molar-refractivity contribution in [3.05, 3.63) is 48.2 Å². The summed E-state index contributed by atoms with van der Waals surface area (Å²) in [6, 6.07) is 11.6. The van der Waals surface area contributed by atoms with Gasteiger partial charge in [0, 0.05) is 31.7 Å². The zero-order chi connectivity index (χ0) is 18.9. The Morgan fingerprint density at radius 3 is 2.86 bits per heavy atom. The van der Waals surface area contributed by atoms with E-state index in [9.17, 15) is 4.79 Å². The highest BCUT2D eigenvalue weighted by Gasteiger charge is 2.27. The van der Waals surface area contributed by atoms with Crippen LogP contribution in [0.1, 0.15) is 18.4 Å². The highest BCUT2D eigenvalue weighted by atomic mass is 16.7. The fourth-order valence-corrected chi connectivity index (χ4v) is 3.77. The molecule has 8 heteroatoms. The van der Waals surface area contributed by atoms with Crippen LogP contribution < -0.4 is 19.7 Å². The van der Waals surface area contributed by atoms with E-state index in [-0.39, 0.29) is 18.6 Å². The maximum Gasteiger partial charge on any atom is 0.231 e. The Kier molecular flexibility index (Phi) is 4.23. The lowest BCUT2D eigenvalue weighted by Gasteiger charge is -2.31. The number of pyridine rings is 1. The molecule has 0 bridgehead atoms. The van der Waals surface area contributed by atoms with Crippen LogP contribution in [0.2, 0.25) is 0 Å². The Morgan fingerprint density at radius 2 is 1.96 bits per heavy atom. The molecule has 5 rings (SSSR count). The van der Waals surface area contributed by atoms with E-state index in [1.807, 2.05) is 47.0 Å². The number of hydrogen-bond acceptors (Lipinski definition) is 6. The van der Waals surface area contributed by atoms with E-state index in [1.54, 1.807) is 0 Å². The smallest absolute Gasteiger partial charge is 0.231 e. The van der Waals surface area contributed by atoms with Crippen molar-refractivity contribution in [3.63, 3.8) is 0 Å². The van der Waals surface area contributed by atoms with Crippen LogP contribution >= 0.6 is 0 Å². The van der Waals surface area contributed by atoms with Gasteiger partial charge in [-0.3, -0.25) is 9.20 Å². The summed E-state index contributed by atoms with van der Waals surface area (Å²) in [6.45, 7) is 2.32. The van der Waals surface area contributed by atoms with E-state index in [0.29, 0.717) is 6.54 Å². The second kappa shape index (κ2) is 7.03. The molecule has 2 aliphatic heterocycles. The van der Waals surface area contributed by atoms with E-state index >= 15 is 0 Å². The van der Waals surface area contributed by atoms with Crippen LogP contribution in [0.5, 0.6) is 11.5 Å². The Bertz CT molecular complexity index is 1010. The van der Waals surface area contributed by atoms with E-state index in [1.165, 1.54) is 0 Å². The number of carbonyl (C=O) groups excluding carboxylic acids is 1. The summed E-state index contributed by atoms with van der Waals surface area (Å²) in [6.07, 6.45) is 3.57. The molecule has 1 fully saturated rings. The zero-order valence-corrected chi connectivity index (χ0v) is 15.4. The SMILES string of the molecule is O=C(NCc1ccc2c(c1)OCO2)C1CCN(c2nnc3ccccn23)CC1. The third kappa shape index (κ3) is 3.11. The number of nitrogens with one attached hydrogen (secondary N) is 1. The first-order valence-electron chi connectivity index (χ1n) is 9.49. The molecule has 0 aliphatic carbocycles. The fourth-order valence-electron chi connectivity index (χ4n) is 3.77. The number of benzene rings is 1. The Labute approximate surface area is 162 Å². The Hall–Kier alpha value is -3.29. The number of hydrogen-bond donors (Lipinski definition) is 1. The normalized spacial score (nSPS) is 16.5. The van der Waals surface area contributed by atoms with Gasteiger partial charge in [0.1, 0.15) is 0 Å². The number of aromatic nitrogens is 3. The number of anilines is 1. The molecule has 2 aliphatic rings. The molecule has 144 valence electrons. The Morgan fingerprint density at radius 1 is 1.11 bits per heavy atom. The predicted octanol–water partition coefficient (Wildman–Crippen LogP) is 1.99. The number of amides is 1. The molecule has 4 heterocycles. The lowest BCUT2D eigenvalue weighted by molar-refractivity contribution is -0.125. The lowest BCUT2D eigenvalue weighted by Crippen LogP contribution is -2.41. The minimum Gasteiger partial charge on any atom is -0.454 e. The molecular weight excluding hydrogens is 358 g/mol. The molecule has 0 unspecified atom stereocenters. The van der Waals surface area contributed by atoms with Gasteiger partial charge in [0.15, 0.2) is 17.1 Å². The zero-order valence-electron chi connectivity index (χ0n) is 15.4. The summed E-state index contributed by atoms with van der Waals surface area (Å²) in [5.41, 5.74) is 1.84. The van der Waals surface area contributed by atoms with Crippen molar-refractivity contribution in [2.45, 2.75) is 19.4 Å². The number of piperidine rings is 1. The molecule has 1 aromatic carbocycles. The van der Waals surface area contributed by atoms with Gasteiger partial charge in [0.25, 0.3) is 0 Å². The van der Waals surface area contributed by atoms with E-state index in [0.717, 1.165) is 54.6 Å². The first kappa shape index (κ1) is 16.9. The summed E-state index contributed by atoms with van der Waals surface area (Å²) < 4.78 is 12.7. The van der Waals surface area contributed by atoms with Gasteiger partial charge < -0.3 is 19.7 Å². The van der Waals surface area contributed by atoms with Crippen LogP contribution in [0.15, 0.2) is 42.6 Å². The topological polar surface area (TPSA) is 81.0 Å². The van der Waals surface area contributed by atoms with Gasteiger partial charge in [-0.05, 0) is 42.7 Å². The van der Waals surface area contributed by atoms with Crippen molar-refractivity contribution in [2.24, 2.45) is 5.92 Å². The molecule has 1 amide bonds. The molecule has 0 saturated carbocycles. The third-order valence-electron chi connectivity index (χ3n) is 5.35. The van der Waals surface area contributed by atoms with Crippen LogP contribution in [0.4, 0.5) is 5.95 Å². The van der Waals surface area contributed by atoms with Gasteiger partial charge in [-0.25, -0.2) is 0 Å². The summed E-state index contributed by atoms with van der Waals surface area (Å²) >= 11 is 0. The highest BCUT2D eigenvalue weighted by Crippen LogP contribution is 2.32. The van der Waals surface area contributed by atoms with Gasteiger partial charge in [0.2, 0.25) is 18.6 Å². The molecule has 0 radical (unpaired) electrons. The van der Waals surface area contributed by atoms with Crippen molar-refractivity contribution >= 4 is 17.5 Å². The van der Waals surface area contributed by atoms with Gasteiger partial charge in [0.05, 0.1) is 0 Å². The first-order valence-corrected chi connectivity index (χ1v) is 9.49. The maximum absolute atomic E-state index is 12.6. The summed E-state index contributed by atoms with van der Waals surface area (Å²) in [5, 5.41) is 11.6. The molecule has 3 aromatic rings. The molecule has 8 nitrogen and oxygen atoms in total. The van der Waals surface area contributed by atoms with Crippen LogP contribution in [0.3, 0.4) is 0 Å². The molecule has 2 aromatic heterocycles. The third-order valence-corrected chi connectivity index (χ3v) is 5.35. The van der Waals surface area contributed by atoms with Crippen molar-refractivity contribution in [2.75, 3.05) is 24.8 Å². The predicted molar refractivity (Wildman–Crippen MR) is 102 cm³/mol. The molecule has 0 spiro atoms. The first-order chi connectivity index (χ1) is 13.8. The monoisotopic (exact) mass is 379 g/mol. The minimum atomic E-state index is 0.0180. The van der Waals surface area contributed by atoms with Crippen LogP contribution in [0, 0.1) is 5.92 Å². The largest absolute Gasteiger partial charge is 0.454 e. The van der Waals surface area contributed by atoms with Crippen LogP contribution in [-0.4, -0.2) is 40.4 Å². The van der Waals surface area contributed by atoms with Crippen molar-refractivity contribution in [1.82, 2.24) is 19.9 Å². The van der Waals surface area contributed by atoms with Crippen molar-refractivity contribution < 1.29 is 14.3 Å². The van der Waals surface area contributed by atoms with E-state index < -0.39 is 0 Å². The maximum atomic E-state index is 12.6. The van der Waals surface area contributed by atoms with Gasteiger partial charge in [-0.1, -0.05) is 12.1 Å². The molecular formula is C20H21N5O3. The highest BCUT2D eigenvalue weighted by molar-refractivity contribution is 5.79. The molecule has 28 heavy (non-hydrogen) atoms. The second-order valence-corrected chi connectivity index (χ2v) is 7.10. The van der Waals surface area contributed by atoms with Crippen molar-refractivity contribution in [1.29, 1.82) is 0 Å². The van der Waals surface area contributed by atoms with E-state index in [4.69, 9.17) is 9.47 Å². The molecule has 0 atom stereocenters. The minimum absolute atomic E-state index is 0.0180. The molecule has 1 N–H and O–H groups in total. The quantitative estimate of drug-likeness (QED) is 0.747. The number of carbonyl (C=O) groups is 1. The standard InChI is InChI=1S/C20H21N5O3/c26-19(21-12-14-4-5-16-17(11-14)28-13-27-16)15-6-9-24(10-7-15)20-23-22-18-3-1-2-8-25(18)20/h1-5,8,11,15H,6-7,9-10,12-13H2,(H,21,26). The average Bonchev–Trinajstić information content (AvgIpc) is 3.38. The average molecular weight is 379 g/mol. The number of nitrogens with zero attached hydrogens (tertiary/aromatic N) is 4. The Balaban J connectivity index is 1.17. The summed E-state index contributed by atoms with van der Waals surface area (Å²) in [7, 11) is 0. The fraction of sp³-hybridized carbons (Fsp3) is 0.350. The lowest BCUT2D eigenvalue weighted by atomic mass is 9.96. The summed E-state index contributed by atoms with van der Waals surface area (Å²) in [5.74, 6) is 2.45.